The van der Waals surface area contributed by atoms with E-state index in [1.165, 1.54) is 0 Å². The minimum atomic E-state index is 0.0252. The second kappa shape index (κ2) is 8.44. The summed E-state index contributed by atoms with van der Waals surface area (Å²) >= 11 is 0. The van der Waals surface area contributed by atoms with E-state index in [2.05, 4.69) is 9.88 Å². The van der Waals surface area contributed by atoms with Gasteiger partial charge in [-0.2, -0.15) is 0 Å². The maximum atomic E-state index is 7.61. The summed E-state index contributed by atoms with van der Waals surface area (Å²) in [7, 11) is 3.35. The summed E-state index contributed by atoms with van der Waals surface area (Å²) in [5.74, 6) is 0.750. The number of anilines is 1. The lowest BCUT2D eigenvalue weighted by molar-refractivity contribution is 0.191. The summed E-state index contributed by atoms with van der Waals surface area (Å²) in [5, 5.41) is 7.61. The third-order valence-corrected chi connectivity index (χ3v) is 2.72. The average molecular weight is 266 g/mol. The molecule has 19 heavy (non-hydrogen) atoms. The fourth-order valence-corrected chi connectivity index (χ4v) is 1.78. The highest BCUT2D eigenvalue weighted by atomic mass is 16.5. The van der Waals surface area contributed by atoms with Gasteiger partial charge in [0, 0.05) is 40.1 Å². The first-order chi connectivity index (χ1) is 9.20. The molecule has 1 aromatic rings. The minimum Gasteiger partial charge on any atom is -0.385 e. The smallest absolute Gasteiger partial charge is 0.139 e. The molecule has 0 saturated carbocycles. The molecular weight excluding hydrogens is 244 g/mol. The van der Waals surface area contributed by atoms with Crippen molar-refractivity contribution >= 4 is 11.7 Å². The highest BCUT2D eigenvalue weighted by Gasteiger charge is 2.13. The number of aromatic nitrogens is 1. The van der Waals surface area contributed by atoms with Crippen LogP contribution in [0.25, 0.3) is 0 Å². The molecule has 106 valence electrons. The highest BCUT2D eigenvalue weighted by Crippen LogP contribution is 2.16. The maximum absolute atomic E-state index is 7.61. The molecule has 6 nitrogen and oxygen atoms in total. The Morgan fingerprint density at radius 1 is 1.32 bits per heavy atom. The molecule has 0 fully saturated rings. The molecule has 0 radical (unpaired) electrons. The van der Waals surface area contributed by atoms with Crippen LogP contribution in [0.4, 0.5) is 5.82 Å². The molecule has 0 saturated heterocycles. The summed E-state index contributed by atoms with van der Waals surface area (Å²) < 4.78 is 10.2. The zero-order valence-corrected chi connectivity index (χ0v) is 11.6. The number of hydrogen-bond acceptors (Lipinski definition) is 5. The van der Waals surface area contributed by atoms with Crippen molar-refractivity contribution in [2.45, 2.75) is 6.42 Å². The van der Waals surface area contributed by atoms with Gasteiger partial charge in [0.05, 0.1) is 12.2 Å². The predicted molar refractivity (Wildman–Crippen MR) is 75.8 cm³/mol. The second-order valence-electron chi connectivity index (χ2n) is 4.11. The number of methoxy groups -OCH3 is 2. The Bertz CT molecular complexity index is 398. The molecule has 0 aromatic carbocycles. The van der Waals surface area contributed by atoms with E-state index in [-0.39, 0.29) is 5.84 Å². The Morgan fingerprint density at radius 2 is 2.05 bits per heavy atom. The molecule has 1 aromatic heterocycles. The Balaban J connectivity index is 2.85. The van der Waals surface area contributed by atoms with Gasteiger partial charge in [-0.3, -0.25) is 5.41 Å². The van der Waals surface area contributed by atoms with Gasteiger partial charge in [-0.05, 0) is 18.6 Å². The summed E-state index contributed by atoms with van der Waals surface area (Å²) in [5.41, 5.74) is 6.25. The molecule has 3 N–H and O–H groups in total. The van der Waals surface area contributed by atoms with E-state index >= 15 is 0 Å². The molecular formula is C13H22N4O2. The van der Waals surface area contributed by atoms with Crippen molar-refractivity contribution in [1.82, 2.24) is 4.98 Å². The van der Waals surface area contributed by atoms with Gasteiger partial charge in [0.15, 0.2) is 0 Å². The number of nitrogens with two attached hydrogens (primary N) is 1. The van der Waals surface area contributed by atoms with E-state index in [0.717, 1.165) is 18.8 Å². The average Bonchev–Trinajstić information content (AvgIpc) is 2.42. The molecule has 0 bridgehead atoms. The van der Waals surface area contributed by atoms with Crippen molar-refractivity contribution in [3.8, 4) is 0 Å². The van der Waals surface area contributed by atoms with E-state index in [1.54, 1.807) is 32.5 Å². The molecule has 6 heteroatoms. The van der Waals surface area contributed by atoms with Crippen LogP contribution < -0.4 is 10.6 Å². The minimum absolute atomic E-state index is 0.0252. The van der Waals surface area contributed by atoms with Crippen LogP contribution in [0.1, 0.15) is 12.0 Å². The van der Waals surface area contributed by atoms with Crippen LogP contribution in [0.2, 0.25) is 0 Å². The Kier molecular flexibility index (Phi) is 6.84. The molecule has 0 atom stereocenters. The van der Waals surface area contributed by atoms with Gasteiger partial charge >= 0.3 is 0 Å². The van der Waals surface area contributed by atoms with Gasteiger partial charge in [-0.15, -0.1) is 0 Å². The zero-order valence-electron chi connectivity index (χ0n) is 11.6. The molecule has 0 aliphatic rings. The van der Waals surface area contributed by atoms with Gasteiger partial charge in [0.2, 0.25) is 0 Å². The van der Waals surface area contributed by atoms with Crippen LogP contribution in [-0.4, -0.2) is 51.3 Å². The first kappa shape index (κ1) is 15.4. The maximum Gasteiger partial charge on any atom is 0.139 e. The lowest BCUT2D eigenvalue weighted by Crippen LogP contribution is -2.32. The normalized spacial score (nSPS) is 10.4. The number of nitrogens with one attached hydrogen (secondary N) is 1. The van der Waals surface area contributed by atoms with Crippen molar-refractivity contribution in [1.29, 1.82) is 5.41 Å². The number of pyridine rings is 1. The summed E-state index contributed by atoms with van der Waals surface area (Å²) in [6.07, 6.45) is 2.59. The first-order valence-corrected chi connectivity index (χ1v) is 6.23. The van der Waals surface area contributed by atoms with Crippen molar-refractivity contribution in [3.05, 3.63) is 23.9 Å². The summed E-state index contributed by atoms with van der Waals surface area (Å²) in [4.78, 5) is 6.41. The lowest BCUT2D eigenvalue weighted by Gasteiger charge is -2.25. The topological polar surface area (TPSA) is 84.5 Å². The van der Waals surface area contributed by atoms with E-state index in [4.69, 9.17) is 20.6 Å². The molecule has 0 amide bonds. The third-order valence-electron chi connectivity index (χ3n) is 2.72. The first-order valence-electron chi connectivity index (χ1n) is 6.23. The molecule has 1 heterocycles. The SMILES string of the molecule is COCCCN(CCOC)c1ncccc1C(=N)N. The Morgan fingerprint density at radius 3 is 2.68 bits per heavy atom. The van der Waals surface area contributed by atoms with E-state index in [0.29, 0.717) is 25.3 Å². The van der Waals surface area contributed by atoms with Crippen LogP contribution >= 0.6 is 0 Å². The number of amidine groups is 1. The number of hydrogen-bond donors (Lipinski definition) is 2. The standard InChI is InChI=1S/C13H22N4O2/c1-18-9-4-7-17(8-10-19-2)13-11(12(14)15)5-3-6-16-13/h3,5-6H,4,7-10H2,1-2H3,(H3,14,15). The predicted octanol–water partition coefficient (Wildman–Crippen LogP) is 0.855. The van der Waals surface area contributed by atoms with Crippen LogP contribution in [0.15, 0.2) is 18.3 Å². The molecule has 0 spiro atoms. The van der Waals surface area contributed by atoms with Crippen LogP contribution in [0.5, 0.6) is 0 Å². The largest absolute Gasteiger partial charge is 0.385 e. The quantitative estimate of drug-likeness (QED) is 0.393. The second-order valence-corrected chi connectivity index (χ2v) is 4.11. The molecule has 0 unspecified atom stereocenters. The Labute approximate surface area is 114 Å². The van der Waals surface area contributed by atoms with Gasteiger partial charge in [0.1, 0.15) is 11.7 Å². The van der Waals surface area contributed by atoms with Gasteiger partial charge in [-0.25, -0.2) is 4.98 Å². The Hall–Kier alpha value is -1.66. The lowest BCUT2D eigenvalue weighted by atomic mass is 10.2. The van der Waals surface area contributed by atoms with E-state index in [9.17, 15) is 0 Å². The fourth-order valence-electron chi connectivity index (χ4n) is 1.78. The van der Waals surface area contributed by atoms with E-state index in [1.807, 2.05) is 0 Å². The van der Waals surface area contributed by atoms with Crippen molar-refractivity contribution in [2.75, 3.05) is 45.4 Å². The molecule has 1 rings (SSSR count). The van der Waals surface area contributed by atoms with Crippen LogP contribution in [0, 0.1) is 5.41 Å². The zero-order chi connectivity index (χ0) is 14.1. The van der Waals surface area contributed by atoms with Gasteiger partial charge in [0.25, 0.3) is 0 Å². The number of nitrogens with zero attached hydrogens (tertiary/aromatic N) is 2. The number of nitrogen functional groups attached to an aromatic ring is 1. The highest BCUT2D eigenvalue weighted by molar-refractivity contribution is 5.99. The van der Waals surface area contributed by atoms with Gasteiger partial charge < -0.3 is 20.1 Å². The number of ether oxygens (including phenoxy) is 2. The number of rotatable bonds is 9. The molecule has 0 aliphatic heterocycles. The monoisotopic (exact) mass is 266 g/mol. The van der Waals surface area contributed by atoms with Crippen molar-refractivity contribution in [3.63, 3.8) is 0 Å². The van der Waals surface area contributed by atoms with Crippen molar-refractivity contribution in [2.24, 2.45) is 5.73 Å². The summed E-state index contributed by atoms with van der Waals surface area (Å²) in [6.45, 7) is 2.78. The fraction of sp³-hybridized carbons (Fsp3) is 0.538. The van der Waals surface area contributed by atoms with Crippen LogP contribution in [-0.2, 0) is 9.47 Å². The molecule has 0 aliphatic carbocycles. The van der Waals surface area contributed by atoms with E-state index < -0.39 is 0 Å². The third kappa shape index (κ3) is 4.84. The van der Waals surface area contributed by atoms with Crippen LogP contribution in [0.3, 0.4) is 0 Å². The van der Waals surface area contributed by atoms with Gasteiger partial charge in [-0.1, -0.05) is 0 Å². The van der Waals surface area contributed by atoms with Crippen molar-refractivity contribution < 1.29 is 9.47 Å². The summed E-state index contributed by atoms with van der Waals surface area (Å²) in [6, 6.07) is 3.59.